The van der Waals surface area contributed by atoms with Gasteiger partial charge < -0.3 is 20.1 Å². The summed E-state index contributed by atoms with van der Waals surface area (Å²) < 4.78 is 10.2. The van der Waals surface area contributed by atoms with Gasteiger partial charge in [0.2, 0.25) is 5.91 Å². The van der Waals surface area contributed by atoms with E-state index in [1.54, 1.807) is 6.07 Å². The molecular formula is C21H26N2O5. The molecule has 1 aliphatic heterocycles. The van der Waals surface area contributed by atoms with Gasteiger partial charge >= 0.3 is 11.9 Å². The number of amides is 1. The molecule has 0 atom stereocenters. The highest BCUT2D eigenvalue weighted by molar-refractivity contribution is 6.15. The molecule has 0 bridgehead atoms. The Morgan fingerprint density at radius 1 is 1.07 bits per heavy atom. The van der Waals surface area contributed by atoms with Gasteiger partial charge in [-0.15, -0.1) is 0 Å². The number of benzene rings is 1. The van der Waals surface area contributed by atoms with Crippen molar-refractivity contribution in [2.75, 3.05) is 10.6 Å². The molecule has 0 unspecified atom stereocenters. The van der Waals surface area contributed by atoms with Crippen molar-refractivity contribution in [3.8, 4) is 0 Å². The average molecular weight is 386 g/mol. The summed E-state index contributed by atoms with van der Waals surface area (Å²) in [5, 5.41) is 5.91. The van der Waals surface area contributed by atoms with Gasteiger partial charge in [-0.05, 0) is 37.5 Å². The zero-order valence-corrected chi connectivity index (χ0v) is 16.5. The van der Waals surface area contributed by atoms with Crippen molar-refractivity contribution in [1.82, 2.24) is 0 Å². The molecule has 1 heterocycles. The molecule has 1 saturated heterocycles. The van der Waals surface area contributed by atoms with E-state index in [1.807, 2.05) is 19.1 Å². The molecule has 2 fully saturated rings. The van der Waals surface area contributed by atoms with Crippen LogP contribution in [-0.4, -0.2) is 23.6 Å². The van der Waals surface area contributed by atoms with Crippen LogP contribution in [0.25, 0.3) is 0 Å². The Morgan fingerprint density at radius 3 is 2.36 bits per heavy atom. The minimum Gasteiger partial charge on any atom is -0.419 e. The molecule has 0 spiro atoms. The van der Waals surface area contributed by atoms with Gasteiger partial charge in [-0.1, -0.05) is 25.3 Å². The van der Waals surface area contributed by atoms with Crippen LogP contribution in [-0.2, 0) is 23.9 Å². The van der Waals surface area contributed by atoms with Gasteiger partial charge in [0.1, 0.15) is 0 Å². The Labute approximate surface area is 164 Å². The predicted molar refractivity (Wildman–Crippen MR) is 104 cm³/mol. The van der Waals surface area contributed by atoms with Crippen molar-refractivity contribution in [1.29, 1.82) is 0 Å². The fourth-order valence-corrected chi connectivity index (χ4v) is 3.41. The molecule has 7 heteroatoms. The zero-order chi connectivity index (χ0) is 20.3. The lowest BCUT2D eigenvalue weighted by atomic mass is 9.88. The first-order chi connectivity index (χ1) is 13.2. The predicted octanol–water partition coefficient (Wildman–Crippen LogP) is 3.65. The van der Waals surface area contributed by atoms with E-state index >= 15 is 0 Å². The Hall–Kier alpha value is -2.83. The van der Waals surface area contributed by atoms with Crippen LogP contribution in [0.15, 0.2) is 30.0 Å². The van der Waals surface area contributed by atoms with Crippen LogP contribution in [0.3, 0.4) is 0 Å². The maximum Gasteiger partial charge on any atom is 0.350 e. The van der Waals surface area contributed by atoms with Gasteiger partial charge in [0.05, 0.1) is 11.4 Å². The van der Waals surface area contributed by atoms with Gasteiger partial charge in [0, 0.05) is 26.0 Å². The van der Waals surface area contributed by atoms with E-state index in [-0.39, 0.29) is 17.4 Å². The van der Waals surface area contributed by atoms with Crippen LogP contribution in [0, 0.1) is 12.8 Å². The van der Waals surface area contributed by atoms with Crippen molar-refractivity contribution in [2.24, 2.45) is 5.92 Å². The van der Waals surface area contributed by atoms with E-state index in [4.69, 9.17) is 9.47 Å². The van der Waals surface area contributed by atoms with Crippen LogP contribution in [0.1, 0.15) is 51.5 Å². The van der Waals surface area contributed by atoms with Crippen molar-refractivity contribution in [2.45, 2.75) is 58.7 Å². The number of hydrogen-bond acceptors (Lipinski definition) is 6. The molecule has 0 aromatic heterocycles. The SMILES string of the molecule is Cc1ccc(NC(=O)C2CCCCC2)c(NC=C2C(=O)OC(C)(C)OC2=O)c1. The van der Waals surface area contributed by atoms with Crippen molar-refractivity contribution >= 4 is 29.2 Å². The smallest absolute Gasteiger partial charge is 0.350 e. The lowest BCUT2D eigenvalue weighted by Gasteiger charge is -2.29. The Kier molecular flexibility index (Phi) is 5.72. The molecule has 1 aromatic rings. The van der Waals surface area contributed by atoms with Crippen LogP contribution in [0.5, 0.6) is 0 Å². The lowest BCUT2D eigenvalue weighted by molar-refractivity contribution is -0.222. The van der Waals surface area contributed by atoms with E-state index in [1.165, 1.54) is 26.5 Å². The van der Waals surface area contributed by atoms with Crippen LogP contribution < -0.4 is 10.6 Å². The molecule has 150 valence electrons. The monoisotopic (exact) mass is 386 g/mol. The second-order valence-electron chi connectivity index (χ2n) is 7.75. The van der Waals surface area contributed by atoms with E-state index in [2.05, 4.69) is 10.6 Å². The first-order valence-corrected chi connectivity index (χ1v) is 9.60. The lowest BCUT2D eigenvalue weighted by Crippen LogP contribution is -2.42. The van der Waals surface area contributed by atoms with Crippen LogP contribution in [0.2, 0.25) is 0 Å². The maximum absolute atomic E-state index is 12.6. The standard InChI is InChI=1S/C21H26N2O5/c1-13-9-10-16(23-18(24)14-7-5-4-6-8-14)17(11-13)22-12-15-19(25)27-21(2,3)28-20(15)26/h9-12,14,22H,4-8H2,1-3H3,(H,23,24). The van der Waals surface area contributed by atoms with Crippen molar-refractivity contribution in [3.05, 3.63) is 35.5 Å². The zero-order valence-electron chi connectivity index (χ0n) is 16.5. The normalized spacial score (nSPS) is 19.5. The number of esters is 2. The number of hydrogen-bond donors (Lipinski definition) is 2. The third-order valence-corrected chi connectivity index (χ3v) is 4.90. The molecule has 2 aliphatic rings. The number of nitrogens with one attached hydrogen (secondary N) is 2. The highest BCUT2D eigenvalue weighted by Crippen LogP contribution is 2.29. The van der Waals surface area contributed by atoms with Gasteiger partial charge in [0.25, 0.3) is 5.79 Å². The minimum atomic E-state index is -1.28. The number of cyclic esters (lactones) is 2. The number of rotatable bonds is 4. The summed E-state index contributed by atoms with van der Waals surface area (Å²) in [5.41, 5.74) is 1.91. The Morgan fingerprint density at radius 2 is 1.71 bits per heavy atom. The average Bonchev–Trinajstić information content (AvgIpc) is 2.62. The molecule has 7 nitrogen and oxygen atoms in total. The Bertz CT molecular complexity index is 800. The molecular weight excluding hydrogens is 360 g/mol. The highest BCUT2D eigenvalue weighted by Gasteiger charge is 2.39. The van der Waals surface area contributed by atoms with Crippen molar-refractivity contribution < 1.29 is 23.9 Å². The first kappa shape index (κ1) is 19.9. The summed E-state index contributed by atoms with van der Waals surface area (Å²) in [7, 11) is 0. The van der Waals surface area contributed by atoms with Gasteiger partial charge in [0.15, 0.2) is 5.57 Å². The molecule has 1 aliphatic carbocycles. The number of anilines is 2. The Balaban J connectivity index is 1.76. The summed E-state index contributed by atoms with van der Waals surface area (Å²) >= 11 is 0. The molecule has 1 saturated carbocycles. The second-order valence-corrected chi connectivity index (χ2v) is 7.75. The summed E-state index contributed by atoms with van der Waals surface area (Å²) in [4.78, 5) is 36.7. The molecule has 2 N–H and O–H groups in total. The number of aryl methyl sites for hydroxylation is 1. The molecule has 0 radical (unpaired) electrons. The van der Waals surface area contributed by atoms with E-state index in [0.717, 1.165) is 31.2 Å². The fourth-order valence-electron chi connectivity index (χ4n) is 3.41. The summed E-state index contributed by atoms with van der Waals surface area (Å²) in [6, 6.07) is 5.52. The summed E-state index contributed by atoms with van der Waals surface area (Å²) in [6.45, 7) is 4.90. The van der Waals surface area contributed by atoms with Gasteiger partial charge in [-0.2, -0.15) is 0 Å². The molecule has 1 aromatic carbocycles. The number of ether oxygens (including phenoxy) is 2. The topological polar surface area (TPSA) is 93.7 Å². The second kappa shape index (κ2) is 8.04. The van der Waals surface area contributed by atoms with Gasteiger partial charge in [-0.25, -0.2) is 9.59 Å². The summed E-state index contributed by atoms with van der Waals surface area (Å²) in [5.74, 6) is -2.78. The molecule has 28 heavy (non-hydrogen) atoms. The van der Waals surface area contributed by atoms with E-state index < -0.39 is 17.7 Å². The van der Waals surface area contributed by atoms with Crippen LogP contribution >= 0.6 is 0 Å². The first-order valence-electron chi connectivity index (χ1n) is 9.60. The third kappa shape index (κ3) is 4.71. The maximum atomic E-state index is 12.6. The summed E-state index contributed by atoms with van der Waals surface area (Å²) in [6.07, 6.45) is 6.38. The van der Waals surface area contributed by atoms with Crippen LogP contribution in [0.4, 0.5) is 11.4 Å². The van der Waals surface area contributed by atoms with Gasteiger partial charge in [-0.3, -0.25) is 4.79 Å². The van der Waals surface area contributed by atoms with E-state index in [0.29, 0.717) is 11.4 Å². The minimum absolute atomic E-state index is 0.00232. The van der Waals surface area contributed by atoms with Crippen molar-refractivity contribution in [3.63, 3.8) is 0 Å². The largest absolute Gasteiger partial charge is 0.419 e. The fraction of sp³-hybridized carbons (Fsp3) is 0.476. The molecule has 3 rings (SSSR count). The quantitative estimate of drug-likeness (QED) is 0.466. The molecule has 1 amide bonds. The number of carbonyl (C=O) groups is 3. The highest BCUT2D eigenvalue weighted by atomic mass is 16.7. The number of carbonyl (C=O) groups excluding carboxylic acids is 3. The van der Waals surface area contributed by atoms with E-state index in [9.17, 15) is 14.4 Å². The third-order valence-electron chi connectivity index (χ3n) is 4.90.